The number of nitro benzene ring substituents is 1. The lowest BCUT2D eigenvalue weighted by molar-refractivity contribution is -0.384. The quantitative estimate of drug-likeness (QED) is 0.246. The monoisotopic (exact) mass is 338 g/mol. The van der Waals surface area contributed by atoms with Gasteiger partial charge in [0.15, 0.2) is 6.10 Å². The predicted molar refractivity (Wildman–Crippen MR) is 83.1 cm³/mol. The second-order valence-corrected chi connectivity index (χ2v) is 4.65. The van der Waals surface area contributed by atoms with Crippen molar-refractivity contribution in [3.63, 3.8) is 0 Å². The van der Waals surface area contributed by atoms with E-state index in [0.29, 0.717) is 5.56 Å². The van der Waals surface area contributed by atoms with Crippen LogP contribution in [0.4, 0.5) is 5.69 Å². The number of non-ortho nitro benzene ring substituents is 1. The van der Waals surface area contributed by atoms with E-state index in [9.17, 15) is 19.7 Å². The maximum absolute atomic E-state index is 11.3. The van der Waals surface area contributed by atoms with Crippen LogP contribution in [0.25, 0.3) is 0 Å². The molecule has 0 bridgehead atoms. The molecule has 0 aromatic heterocycles. The second-order valence-electron chi connectivity index (χ2n) is 4.47. The van der Waals surface area contributed by atoms with Gasteiger partial charge < -0.3 is 9.47 Å². The van der Waals surface area contributed by atoms with Gasteiger partial charge in [-0.2, -0.15) is 0 Å². The Hall–Kier alpha value is -2.64. The lowest BCUT2D eigenvalue weighted by Gasteiger charge is -2.23. The summed E-state index contributed by atoms with van der Waals surface area (Å²) in [6, 6.07) is 4.62. The molecule has 0 N–H and O–H groups in total. The number of esters is 2. The number of hydrogen-bond donors (Lipinski definition) is 0. The van der Waals surface area contributed by atoms with Gasteiger partial charge in [0.25, 0.3) is 5.69 Å². The van der Waals surface area contributed by atoms with Crippen LogP contribution in [0.3, 0.4) is 0 Å². The number of ether oxygens (including phenoxy) is 2. The van der Waals surface area contributed by atoms with Crippen LogP contribution in [0.15, 0.2) is 29.3 Å². The third-order valence-corrected chi connectivity index (χ3v) is 2.86. The molecule has 0 saturated carbocycles. The number of hydrogen-bond acceptors (Lipinski definition) is 8. The number of isothiocyanates is 1. The van der Waals surface area contributed by atoms with Crippen LogP contribution in [0.5, 0.6) is 0 Å². The number of thiocarbonyl (C=S) groups is 1. The highest BCUT2D eigenvalue weighted by Gasteiger charge is 2.27. The molecule has 0 fully saturated rings. The molecule has 1 aromatic rings. The molecule has 0 spiro atoms. The summed E-state index contributed by atoms with van der Waals surface area (Å²) in [6.07, 6.45) is -0.914. The van der Waals surface area contributed by atoms with Crippen molar-refractivity contribution in [2.75, 3.05) is 6.61 Å². The van der Waals surface area contributed by atoms with Crippen LogP contribution < -0.4 is 0 Å². The third kappa shape index (κ3) is 5.93. The fourth-order valence-electron chi connectivity index (χ4n) is 1.80. The van der Waals surface area contributed by atoms with Gasteiger partial charge in [-0.25, -0.2) is 4.99 Å². The number of carbonyl (C=O) groups is 2. The average Bonchev–Trinajstić information content (AvgIpc) is 2.49. The number of benzene rings is 1. The minimum absolute atomic E-state index is 0.106. The summed E-state index contributed by atoms with van der Waals surface area (Å²) in [4.78, 5) is 36.3. The van der Waals surface area contributed by atoms with Crippen molar-refractivity contribution in [2.24, 2.45) is 4.99 Å². The number of carbonyl (C=O) groups excluding carboxylic acids is 2. The van der Waals surface area contributed by atoms with Gasteiger partial charge in [0.1, 0.15) is 12.6 Å². The van der Waals surface area contributed by atoms with E-state index < -0.39 is 29.0 Å². The minimum atomic E-state index is -0.914. The fourth-order valence-corrected chi connectivity index (χ4v) is 1.93. The Morgan fingerprint density at radius 2 is 1.91 bits per heavy atom. The predicted octanol–water partition coefficient (Wildman–Crippen LogP) is 2.23. The maximum Gasteiger partial charge on any atom is 0.303 e. The van der Waals surface area contributed by atoms with Crippen molar-refractivity contribution in [3.8, 4) is 0 Å². The lowest BCUT2D eigenvalue weighted by atomic mass is 10.0. The molecule has 0 saturated heterocycles. The number of nitro groups is 1. The minimum Gasteiger partial charge on any atom is -0.463 e. The number of rotatable bonds is 7. The Labute approximate surface area is 137 Å². The van der Waals surface area contributed by atoms with Gasteiger partial charge in [0, 0.05) is 26.0 Å². The molecule has 0 radical (unpaired) electrons. The van der Waals surface area contributed by atoms with Crippen molar-refractivity contribution in [2.45, 2.75) is 26.0 Å². The van der Waals surface area contributed by atoms with Crippen molar-refractivity contribution in [1.82, 2.24) is 0 Å². The summed E-state index contributed by atoms with van der Waals surface area (Å²) in [5.41, 5.74) is 0.349. The van der Waals surface area contributed by atoms with Crippen LogP contribution in [0.1, 0.15) is 25.5 Å². The first-order valence-corrected chi connectivity index (χ1v) is 6.88. The molecule has 1 aromatic carbocycles. The first kappa shape index (κ1) is 18.4. The molecule has 23 heavy (non-hydrogen) atoms. The molecule has 122 valence electrons. The molecule has 0 aliphatic carbocycles. The Morgan fingerprint density at radius 3 is 2.35 bits per heavy atom. The van der Waals surface area contributed by atoms with Gasteiger partial charge in [-0.3, -0.25) is 19.7 Å². The topological polar surface area (TPSA) is 108 Å². The van der Waals surface area contributed by atoms with Crippen LogP contribution >= 0.6 is 12.2 Å². The Morgan fingerprint density at radius 1 is 1.30 bits per heavy atom. The van der Waals surface area contributed by atoms with E-state index in [0.717, 1.165) is 0 Å². The van der Waals surface area contributed by atoms with Crippen LogP contribution in [-0.2, 0) is 19.1 Å². The molecular formula is C14H14N2O6S. The zero-order chi connectivity index (χ0) is 17.4. The second kappa shape index (κ2) is 8.72. The Kier molecular flexibility index (Phi) is 6.98. The molecule has 0 heterocycles. The van der Waals surface area contributed by atoms with Gasteiger partial charge in [-0.05, 0) is 29.9 Å². The Bertz CT molecular complexity index is 639. The van der Waals surface area contributed by atoms with E-state index in [1.165, 1.54) is 38.1 Å². The van der Waals surface area contributed by atoms with Gasteiger partial charge in [0.2, 0.25) is 0 Å². The molecular weight excluding hydrogens is 324 g/mol. The maximum atomic E-state index is 11.3. The third-order valence-electron chi connectivity index (χ3n) is 2.75. The molecule has 0 amide bonds. The van der Waals surface area contributed by atoms with Gasteiger partial charge in [-0.1, -0.05) is 0 Å². The SMILES string of the molecule is CC(=O)OCC(N=C=S)C(OC(C)=O)c1ccc([N+](=O)[O-])cc1. The first-order chi connectivity index (χ1) is 10.8. The van der Waals surface area contributed by atoms with Gasteiger partial charge >= 0.3 is 11.9 Å². The molecule has 9 heteroatoms. The number of nitrogens with zero attached hydrogens (tertiary/aromatic N) is 2. The lowest BCUT2D eigenvalue weighted by Crippen LogP contribution is -2.27. The van der Waals surface area contributed by atoms with Crippen LogP contribution in [0.2, 0.25) is 0 Å². The summed E-state index contributed by atoms with van der Waals surface area (Å²) in [5.74, 6) is -1.11. The number of aliphatic imine (C=N–C) groups is 1. The largest absolute Gasteiger partial charge is 0.463 e. The Balaban J connectivity index is 3.13. The van der Waals surface area contributed by atoms with Crippen molar-refractivity contribution < 1.29 is 24.0 Å². The van der Waals surface area contributed by atoms with E-state index in [4.69, 9.17) is 9.47 Å². The van der Waals surface area contributed by atoms with Crippen molar-refractivity contribution in [3.05, 3.63) is 39.9 Å². The summed E-state index contributed by atoms with van der Waals surface area (Å²) >= 11 is 4.56. The molecule has 2 atom stereocenters. The zero-order valence-electron chi connectivity index (χ0n) is 12.4. The highest BCUT2D eigenvalue weighted by atomic mass is 32.1. The normalized spacial score (nSPS) is 12.4. The van der Waals surface area contributed by atoms with E-state index in [-0.39, 0.29) is 12.3 Å². The fraction of sp³-hybridized carbons (Fsp3) is 0.357. The molecule has 8 nitrogen and oxygen atoms in total. The summed E-state index contributed by atoms with van der Waals surface area (Å²) in [5, 5.41) is 12.9. The summed E-state index contributed by atoms with van der Waals surface area (Å²) < 4.78 is 10.1. The van der Waals surface area contributed by atoms with Crippen LogP contribution in [-0.4, -0.2) is 34.7 Å². The van der Waals surface area contributed by atoms with Gasteiger partial charge in [0.05, 0.1) is 10.1 Å². The van der Waals surface area contributed by atoms with E-state index in [1.54, 1.807) is 0 Å². The first-order valence-electron chi connectivity index (χ1n) is 6.47. The van der Waals surface area contributed by atoms with Crippen LogP contribution in [0, 0.1) is 10.1 Å². The van der Waals surface area contributed by atoms with Crippen molar-refractivity contribution in [1.29, 1.82) is 0 Å². The van der Waals surface area contributed by atoms with E-state index in [2.05, 4.69) is 22.4 Å². The molecule has 1 rings (SSSR count). The smallest absolute Gasteiger partial charge is 0.303 e. The van der Waals surface area contributed by atoms with Crippen molar-refractivity contribution >= 4 is 35.0 Å². The molecule has 0 aliphatic heterocycles. The standard InChI is InChI=1S/C14H14N2O6S/c1-9(17)21-7-13(15-8-23)14(22-10(2)18)11-3-5-12(6-4-11)16(19)20/h3-6,13-14H,7H2,1-2H3. The summed E-state index contributed by atoms with van der Waals surface area (Å²) in [6.45, 7) is 2.27. The highest BCUT2D eigenvalue weighted by molar-refractivity contribution is 7.78. The molecule has 0 aliphatic rings. The van der Waals surface area contributed by atoms with E-state index >= 15 is 0 Å². The van der Waals surface area contributed by atoms with Gasteiger partial charge in [-0.15, -0.1) is 0 Å². The summed E-state index contributed by atoms with van der Waals surface area (Å²) in [7, 11) is 0. The molecule has 2 unspecified atom stereocenters. The highest BCUT2D eigenvalue weighted by Crippen LogP contribution is 2.26. The van der Waals surface area contributed by atoms with E-state index in [1.807, 2.05) is 0 Å². The zero-order valence-corrected chi connectivity index (χ0v) is 13.2. The average molecular weight is 338 g/mol.